The number of H-pyrrole nitrogens is 1. The van der Waals surface area contributed by atoms with Crippen LogP contribution in [0.3, 0.4) is 0 Å². The molecular weight excluding hydrogens is 552 g/mol. The van der Waals surface area contributed by atoms with Crippen molar-refractivity contribution in [3.8, 4) is 5.75 Å². The van der Waals surface area contributed by atoms with Crippen LogP contribution in [-0.2, 0) is 32.0 Å². The van der Waals surface area contributed by atoms with Gasteiger partial charge in [0.1, 0.15) is 23.9 Å². The van der Waals surface area contributed by atoms with Gasteiger partial charge in [-0.15, -0.1) is 0 Å². The summed E-state index contributed by atoms with van der Waals surface area (Å²) in [7, 11) is 0. The highest BCUT2D eigenvalue weighted by Gasteiger charge is 2.32. The summed E-state index contributed by atoms with van der Waals surface area (Å²) in [5.74, 6) is -2.69. The van der Waals surface area contributed by atoms with Gasteiger partial charge in [-0.1, -0.05) is 30.3 Å². The van der Waals surface area contributed by atoms with E-state index in [9.17, 15) is 29.4 Å². The summed E-state index contributed by atoms with van der Waals surface area (Å²) in [6.07, 6.45) is 4.80. The summed E-state index contributed by atoms with van der Waals surface area (Å²) in [4.78, 5) is 55.5. The van der Waals surface area contributed by atoms with Gasteiger partial charge in [0.05, 0.1) is 6.04 Å². The predicted octanol–water partition coefficient (Wildman–Crippen LogP) is 1.08. The SMILES string of the molecule is NCCCCC(NC(=O)C(Cc1ccc(O)cc1)NC(=O)C(Cc1c[nH]c2ccccc12)NC(=O)C1CCCN1)C(=O)O. The number of fused-ring (bicyclic) bond motifs is 1. The summed E-state index contributed by atoms with van der Waals surface area (Å²) in [5, 5.41) is 31.7. The lowest BCUT2D eigenvalue weighted by Crippen LogP contribution is -2.58. The molecule has 1 aliphatic heterocycles. The van der Waals surface area contributed by atoms with Crippen molar-refractivity contribution in [1.82, 2.24) is 26.3 Å². The van der Waals surface area contributed by atoms with Crippen LogP contribution < -0.4 is 27.0 Å². The minimum Gasteiger partial charge on any atom is -0.508 e. The molecule has 43 heavy (non-hydrogen) atoms. The number of phenols is 1. The number of carbonyl (C=O) groups is 4. The maximum Gasteiger partial charge on any atom is 0.326 e. The number of benzene rings is 2. The number of phenolic OH excluding ortho intramolecular Hbond substituents is 1. The molecule has 2 heterocycles. The Morgan fingerprint density at radius 2 is 1.60 bits per heavy atom. The summed E-state index contributed by atoms with van der Waals surface area (Å²) >= 11 is 0. The molecule has 3 aromatic rings. The number of aliphatic carboxylic acids is 1. The van der Waals surface area contributed by atoms with Crippen LogP contribution in [0.15, 0.2) is 54.7 Å². The lowest BCUT2D eigenvalue weighted by atomic mass is 10.0. The minimum atomic E-state index is -1.19. The van der Waals surface area contributed by atoms with Crippen LogP contribution in [0.2, 0.25) is 0 Å². The van der Waals surface area contributed by atoms with Crippen molar-refractivity contribution in [2.75, 3.05) is 13.1 Å². The van der Waals surface area contributed by atoms with Crippen molar-refractivity contribution in [3.05, 3.63) is 65.9 Å². The van der Waals surface area contributed by atoms with Crippen LogP contribution in [-0.4, -0.2) is 76.1 Å². The second-order valence-electron chi connectivity index (χ2n) is 10.9. The Balaban J connectivity index is 1.57. The topological polar surface area (TPSA) is 199 Å². The molecule has 1 saturated heterocycles. The number of para-hydroxylation sites is 1. The monoisotopic (exact) mass is 592 g/mol. The van der Waals surface area contributed by atoms with E-state index >= 15 is 0 Å². The van der Waals surface area contributed by atoms with Gasteiger partial charge in [0, 0.05) is 29.9 Å². The molecule has 4 unspecified atom stereocenters. The maximum absolute atomic E-state index is 13.8. The number of aromatic nitrogens is 1. The van der Waals surface area contributed by atoms with E-state index < -0.39 is 42.0 Å². The summed E-state index contributed by atoms with van der Waals surface area (Å²) in [6, 6.07) is 10.1. The van der Waals surface area contributed by atoms with Crippen molar-refractivity contribution in [2.24, 2.45) is 5.73 Å². The largest absolute Gasteiger partial charge is 0.508 e. The first-order valence-electron chi connectivity index (χ1n) is 14.7. The number of carbonyl (C=O) groups excluding carboxylic acids is 3. The lowest BCUT2D eigenvalue weighted by molar-refractivity contribution is -0.142. The molecule has 1 aliphatic rings. The maximum atomic E-state index is 13.8. The smallest absolute Gasteiger partial charge is 0.326 e. The zero-order chi connectivity index (χ0) is 30.8. The number of aromatic hydroxyl groups is 1. The second kappa shape index (κ2) is 15.2. The minimum absolute atomic E-state index is 0.0327. The Kier molecular flexibility index (Phi) is 11.1. The fourth-order valence-corrected chi connectivity index (χ4v) is 5.28. The number of nitrogens with one attached hydrogen (secondary N) is 5. The van der Waals surface area contributed by atoms with Crippen molar-refractivity contribution < 1.29 is 29.4 Å². The average Bonchev–Trinajstić information content (AvgIpc) is 3.68. The van der Waals surface area contributed by atoms with Gasteiger partial charge >= 0.3 is 5.97 Å². The van der Waals surface area contributed by atoms with E-state index in [1.54, 1.807) is 18.3 Å². The molecule has 0 aliphatic carbocycles. The first-order chi connectivity index (χ1) is 20.7. The molecule has 9 N–H and O–H groups in total. The number of carboxylic acids is 1. The highest BCUT2D eigenvalue weighted by Crippen LogP contribution is 2.20. The number of carboxylic acid groups (broad SMARTS) is 1. The van der Waals surface area contributed by atoms with Crippen molar-refractivity contribution in [3.63, 3.8) is 0 Å². The van der Waals surface area contributed by atoms with Gasteiger partial charge in [-0.25, -0.2) is 4.79 Å². The fraction of sp³-hybridized carbons (Fsp3) is 0.419. The molecule has 0 saturated carbocycles. The highest BCUT2D eigenvalue weighted by atomic mass is 16.4. The number of amides is 3. The van der Waals surface area contributed by atoms with Crippen LogP contribution in [0.5, 0.6) is 5.75 Å². The first-order valence-corrected chi connectivity index (χ1v) is 14.7. The Bertz CT molecular complexity index is 1400. The molecule has 12 nitrogen and oxygen atoms in total. The number of hydrogen-bond acceptors (Lipinski definition) is 7. The van der Waals surface area contributed by atoms with Crippen molar-refractivity contribution in [2.45, 2.75) is 69.1 Å². The molecule has 3 amide bonds. The normalized spacial score (nSPS) is 16.7. The van der Waals surface area contributed by atoms with E-state index in [0.29, 0.717) is 37.9 Å². The van der Waals surface area contributed by atoms with E-state index in [1.165, 1.54) is 12.1 Å². The number of hydrogen-bond donors (Lipinski definition) is 8. The van der Waals surface area contributed by atoms with Gasteiger partial charge in [-0.05, 0) is 74.5 Å². The molecule has 1 aromatic heterocycles. The summed E-state index contributed by atoms with van der Waals surface area (Å²) in [5.41, 5.74) is 7.89. The average molecular weight is 593 g/mol. The van der Waals surface area contributed by atoms with Gasteiger partial charge < -0.3 is 42.2 Å². The summed E-state index contributed by atoms with van der Waals surface area (Å²) < 4.78 is 0. The van der Waals surface area contributed by atoms with E-state index in [4.69, 9.17) is 5.73 Å². The molecule has 0 radical (unpaired) electrons. The molecule has 12 heteroatoms. The molecule has 4 atom stereocenters. The molecule has 4 rings (SSSR count). The third-order valence-electron chi connectivity index (χ3n) is 7.68. The van der Waals surface area contributed by atoms with Gasteiger partial charge in [0.25, 0.3) is 0 Å². The van der Waals surface area contributed by atoms with E-state index in [1.807, 2.05) is 24.3 Å². The van der Waals surface area contributed by atoms with Crippen molar-refractivity contribution >= 4 is 34.6 Å². The lowest BCUT2D eigenvalue weighted by Gasteiger charge is -2.25. The van der Waals surface area contributed by atoms with Crippen LogP contribution in [0, 0.1) is 0 Å². The third kappa shape index (κ3) is 8.79. The zero-order valence-corrected chi connectivity index (χ0v) is 24.0. The number of aromatic amines is 1. The standard InChI is InChI=1S/C31H40N6O6/c32-14-4-3-8-25(31(42)43)35-29(40)26(16-19-10-12-21(38)13-11-19)36-30(41)27(37-28(39)24-9-5-15-33-24)17-20-18-34-23-7-2-1-6-22(20)23/h1-2,6-7,10-13,18,24-27,33-34,38H,3-5,8-9,14-17,32H2,(H,35,40)(H,36,41)(H,37,39)(H,42,43). The molecule has 1 fully saturated rings. The highest BCUT2D eigenvalue weighted by molar-refractivity contribution is 5.95. The van der Waals surface area contributed by atoms with Gasteiger partial charge in [0.15, 0.2) is 0 Å². The van der Waals surface area contributed by atoms with Crippen LogP contribution in [0.1, 0.15) is 43.2 Å². The van der Waals surface area contributed by atoms with Gasteiger partial charge in [0.2, 0.25) is 17.7 Å². The van der Waals surface area contributed by atoms with Gasteiger partial charge in [-0.2, -0.15) is 0 Å². The van der Waals surface area contributed by atoms with Crippen LogP contribution >= 0.6 is 0 Å². The molecule has 0 bridgehead atoms. The Hall–Kier alpha value is -4.42. The number of rotatable bonds is 15. The number of unbranched alkanes of at least 4 members (excludes halogenated alkanes) is 1. The molecular formula is C31H40N6O6. The number of nitrogens with two attached hydrogens (primary N) is 1. The van der Waals surface area contributed by atoms with E-state index in [0.717, 1.165) is 22.9 Å². The molecule has 2 aromatic carbocycles. The zero-order valence-electron chi connectivity index (χ0n) is 24.0. The predicted molar refractivity (Wildman–Crippen MR) is 161 cm³/mol. The molecule has 230 valence electrons. The van der Waals surface area contributed by atoms with E-state index in [2.05, 4.69) is 26.3 Å². The fourth-order valence-electron chi connectivity index (χ4n) is 5.28. The third-order valence-corrected chi connectivity index (χ3v) is 7.68. The van der Waals surface area contributed by atoms with E-state index in [-0.39, 0.29) is 30.9 Å². The van der Waals surface area contributed by atoms with Crippen LogP contribution in [0.4, 0.5) is 0 Å². The first kappa shape index (κ1) is 31.5. The second-order valence-corrected chi connectivity index (χ2v) is 10.9. The molecule has 0 spiro atoms. The quantitative estimate of drug-likeness (QED) is 0.120. The van der Waals surface area contributed by atoms with Gasteiger partial charge in [-0.3, -0.25) is 14.4 Å². The Morgan fingerprint density at radius 3 is 2.28 bits per heavy atom. The summed E-state index contributed by atoms with van der Waals surface area (Å²) in [6.45, 7) is 1.11. The Labute approximate surface area is 249 Å². The Morgan fingerprint density at radius 1 is 0.907 bits per heavy atom. The van der Waals surface area contributed by atoms with Crippen LogP contribution in [0.25, 0.3) is 10.9 Å². The van der Waals surface area contributed by atoms with Crippen molar-refractivity contribution in [1.29, 1.82) is 0 Å².